The third-order valence-corrected chi connectivity index (χ3v) is 5.45. The Balaban J connectivity index is 1.80. The molecule has 0 spiro atoms. The molecule has 1 aliphatic heterocycles. The van der Waals surface area contributed by atoms with Crippen molar-refractivity contribution in [3.8, 4) is 6.07 Å². The van der Waals surface area contributed by atoms with Gasteiger partial charge in [0.15, 0.2) is 0 Å². The van der Waals surface area contributed by atoms with Gasteiger partial charge in [0.1, 0.15) is 0 Å². The molecule has 0 radical (unpaired) electrons. The van der Waals surface area contributed by atoms with E-state index >= 15 is 0 Å². The second-order valence-electron chi connectivity index (χ2n) is 7.80. The van der Waals surface area contributed by atoms with Crippen molar-refractivity contribution in [1.82, 2.24) is 9.61 Å². The zero-order valence-corrected chi connectivity index (χ0v) is 14.5. The van der Waals surface area contributed by atoms with Crippen LogP contribution >= 0.6 is 0 Å². The van der Waals surface area contributed by atoms with Crippen LogP contribution in [0.3, 0.4) is 0 Å². The van der Waals surface area contributed by atoms with Crippen LogP contribution in [0.4, 0.5) is 0 Å². The number of nitrogens with zero attached hydrogens (tertiary/aromatic N) is 3. The van der Waals surface area contributed by atoms with E-state index in [-0.39, 0.29) is 17.1 Å². The second-order valence-corrected chi connectivity index (χ2v) is 7.80. The topological polar surface area (TPSA) is 87.6 Å². The fourth-order valence-electron chi connectivity index (χ4n) is 3.98. The van der Waals surface area contributed by atoms with Gasteiger partial charge in [-0.05, 0) is 51.7 Å². The van der Waals surface area contributed by atoms with Crippen LogP contribution in [0.5, 0.6) is 0 Å². The van der Waals surface area contributed by atoms with Crippen molar-refractivity contribution in [2.75, 3.05) is 6.61 Å². The predicted octanol–water partition coefficient (Wildman–Crippen LogP) is 3.26. The summed E-state index contributed by atoms with van der Waals surface area (Å²) >= 11 is 0. The highest BCUT2D eigenvalue weighted by molar-refractivity contribution is 5.93. The normalized spacial score (nSPS) is 24.0. The van der Waals surface area contributed by atoms with E-state index in [0.717, 1.165) is 24.1 Å². The molecule has 6 nitrogen and oxygen atoms in total. The monoisotopic (exact) mass is 339 g/mol. The summed E-state index contributed by atoms with van der Waals surface area (Å²) in [5, 5.41) is 23.8. The molecule has 1 aliphatic carbocycles. The average Bonchev–Trinajstić information content (AvgIpc) is 3.26. The van der Waals surface area contributed by atoms with Crippen LogP contribution in [-0.2, 0) is 10.2 Å². The maximum Gasteiger partial charge on any atom is 0.337 e. The first-order chi connectivity index (χ1) is 11.9. The predicted molar refractivity (Wildman–Crippen MR) is 90.7 cm³/mol. The molecule has 1 atom stereocenters. The van der Waals surface area contributed by atoms with Crippen LogP contribution in [-0.4, -0.2) is 32.9 Å². The SMILES string of the molecule is CC1(C)C[C@H](c2ccc3c(C4(C#N)CC4)c(C(=O)O)cn3n2)CCO1. The molecular weight excluding hydrogens is 318 g/mol. The molecule has 6 heteroatoms. The minimum absolute atomic E-state index is 0.174. The van der Waals surface area contributed by atoms with Gasteiger partial charge in [0.05, 0.1) is 33.9 Å². The third-order valence-electron chi connectivity index (χ3n) is 5.45. The van der Waals surface area contributed by atoms with E-state index in [9.17, 15) is 15.2 Å². The number of aromatic carboxylic acids is 1. The average molecular weight is 339 g/mol. The lowest BCUT2D eigenvalue weighted by Crippen LogP contribution is -2.33. The molecule has 3 heterocycles. The Morgan fingerprint density at radius 2 is 2.20 bits per heavy atom. The van der Waals surface area contributed by atoms with Crippen LogP contribution in [0, 0.1) is 11.3 Å². The first-order valence-corrected chi connectivity index (χ1v) is 8.66. The molecular formula is C19H21N3O3. The van der Waals surface area contributed by atoms with Gasteiger partial charge >= 0.3 is 5.97 Å². The highest BCUT2D eigenvalue weighted by Crippen LogP contribution is 2.50. The van der Waals surface area contributed by atoms with Crippen molar-refractivity contribution in [2.45, 2.75) is 56.5 Å². The highest BCUT2D eigenvalue weighted by atomic mass is 16.5. The molecule has 2 aliphatic rings. The largest absolute Gasteiger partial charge is 0.478 e. The van der Waals surface area contributed by atoms with Gasteiger partial charge < -0.3 is 9.84 Å². The first-order valence-electron chi connectivity index (χ1n) is 8.66. The van der Waals surface area contributed by atoms with Gasteiger partial charge in [-0.3, -0.25) is 0 Å². The summed E-state index contributed by atoms with van der Waals surface area (Å²) in [5.41, 5.74) is 1.65. The van der Waals surface area contributed by atoms with Gasteiger partial charge in [0.25, 0.3) is 0 Å². The molecule has 1 saturated carbocycles. The lowest BCUT2D eigenvalue weighted by atomic mass is 9.86. The first kappa shape index (κ1) is 16.1. The second kappa shape index (κ2) is 5.30. The zero-order valence-electron chi connectivity index (χ0n) is 14.5. The number of carboxylic acids is 1. The van der Waals surface area contributed by atoms with E-state index in [1.165, 1.54) is 0 Å². The van der Waals surface area contributed by atoms with Crippen molar-refractivity contribution < 1.29 is 14.6 Å². The van der Waals surface area contributed by atoms with E-state index in [1.807, 2.05) is 12.1 Å². The Morgan fingerprint density at radius 3 is 2.80 bits per heavy atom. The number of hydrogen-bond acceptors (Lipinski definition) is 4. The van der Waals surface area contributed by atoms with Gasteiger partial charge in [0, 0.05) is 24.3 Å². The van der Waals surface area contributed by atoms with E-state index in [2.05, 4.69) is 19.9 Å². The Kier molecular flexibility index (Phi) is 3.41. The standard InChI is InChI=1S/C19H21N3O3/c1-18(2)9-12(5-8-25-18)14-3-4-15-16(19(11-20)6-7-19)13(17(23)24)10-22(15)21-14/h3-4,10,12H,5-9H2,1-2H3,(H,23,24)/t12-/m1/s1. The van der Waals surface area contributed by atoms with Gasteiger partial charge in [0.2, 0.25) is 0 Å². The molecule has 0 unspecified atom stereocenters. The fraction of sp³-hybridized carbons (Fsp3) is 0.526. The highest BCUT2D eigenvalue weighted by Gasteiger charge is 2.49. The van der Waals surface area contributed by atoms with Crippen molar-refractivity contribution in [2.24, 2.45) is 0 Å². The molecule has 2 fully saturated rings. The van der Waals surface area contributed by atoms with Gasteiger partial charge in [-0.25, -0.2) is 9.31 Å². The number of hydrogen-bond donors (Lipinski definition) is 1. The summed E-state index contributed by atoms with van der Waals surface area (Å²) in [7, 11) is 0. The van der Waals surface area contributed by atoms with Gasteiger partial charge in [-0.15, -0.1) is 0 Å². The van der Waals surface area contributed by atoms with Crippen molar-refractivity contribution >= 4 is 11.5 Å². The fourth-order valence-corrected chi connectivity index (χ4v) is 3.98. The summed E-state index contributed by atoms with van der Waals surface area (Å²) in [6.45, 7) is 4.86. The summed E-state index contributed by atoms with van der Waals surface area (Å²) in [6.07, 6.45) is 4.76. The Morgan fingerprint density at radius 1 is 1.44 bits per heavy atom. The third kappa shape index (κ3) is 2.59. The van der Waals surface area contributed by atoms with Crippen LogP contribution in [0.2, 0.25) is 0 Å². The summed E-state index contributed by atoms with van der Waals surface area (Å²) < 4.78 is 7.43. The molecule has 25 heavy (non-hydrogen) atoms. The Hall–Kier alpha value is -2.39. The number of ether oxygens (including phenoxy) is 1. The lowest BCUT2D eigenvalue weighted by molar-refractivity contribution is -0.0598. The molecule has 2 aromatic rings. The molecule has 4 rings (SSSR count). The molecule has 130 valence electrons. The molecule has 0 amide bonds. The number of fused-ring (bicyclic) bond motifs is 1. The van der Waals surface area contributed by atoms with E-state index in [4.69, 9.17) is 9.84 Å². The Bertz CT molecular complexity index is 903. The molecule has 0 bridgehead atoms. The quantitative estimate of drug-likeness (QED) is 0.927. The van der Waals surface area contributed by atoms with E-state index in [1.54, 1.807) is 10.7 Å². The van der Waals surface area contributed by atoms with Crippen LogP contribution in [0.25, 0.3) is 5.52 Å². The summed E-state index contributed by atoms with van der Waals surface area (Å²) in [6, 6.07) is 6.21. The molecule has 2 aromatic heterocycles. The maximum atomic E-state index is 11.7. The van der Waals surface area contributed by atoms with E-state index in [0.29, 0.717) is 25.0 Å². The number of rotatable bonds is 3. The summed E-state index contributed by atoms with van der Waals surface area (Å²) in [4.78, 5) is 11.7. The smallest absolute Gasteiger partial charge is 0.337 e. The van der Waals surface area contributed by atoms with Crippen molar-refractivity contribution in [3.63, 3.8) is 0 Å². The number of aromatic nitrogens is 2. The Labute approximate surface area is 146 Å². The number of nitriles is 1. The zero-order chi connectivity index (χ0) is 17.8. The van der Waals surface area contributed by atoms with E-state index < -0.39 is 11.4 Å². The molecule has 0 aromatic carbocycles. The minimum Gasteiger partial charge on any atom is -0.478 e. The van der Waals surface area contributed by atoms with Crippen molar-refractivity contribution in [3.05, 3.63) is 35.2 Å². The van der Waals surface area contributed by atoms with Crippen LogP contribution in [0.15, 0.2) is 18.3 Å². The number of carboxylic acid groups (broad SMARTS) is 1. The lowest BCUT2D eigenvalue weighted by Gasteiger charge is -2.35. The van der Waals surface area contributed by atoms with Crippen molar-refractivity contribution in [1.29, 1.82) is 5.26 Å². The summed E-state index contributed by atoms with van der Waals surface area (Å²) in [5.74, 6) is -0.714. The molecule has 1 N–H and O–H groups in total. The molecule has 1 saturated heterocycles. The maximum absolute atomic E-state index is 11.7. The van der Waals surface area contributed by atoms with Gasteiger partial charge in [-0.1, -0.05) is 0 Å². The van der Waals surface area contributed by atoms with Crippen LogP contribution < -0.4 is 0 Å². The minimum atomic E-state index is -1.00. The van der Waals surface area contributed by atoms with Gasteiger partial charge in [-0.2, -0.15) is 10.4 Å². The number of carbonyl (C=O) groups is 1. The van der Waals surface area contributed by atoms with Crippen LogP contribution in [0.1, 0.15) is 67.1 Å².